The predicted octanol–water partition coefficient (Wildman–Crippen LogP) is 2.05. The van der Waals surface area contributed by atoms with Gasteiger partial charge >= 0.3 is 0 Å². The van der Waals surface area contributed by atoms with E-state index in [-0.39, 0.29) is 42.4 Å². The highest BCUT2D eigenvalue weighted by Gasteiger charge is 2.38. The Morgan fingerprint density at radius 1 is 1.14 bits per heavy atom. The van der Waals surface area contributed by atoms with Crippen molar-refractivity contribution in [1.82, 2.24) is 4.90 Å². The molecule has 0 aliphatic carbocycles. The average Bonchev–Trinajstić information content (AvgIpc) is 2.41. The highest BCUT2D eigenvalue weighted by atomic mass is 16.5. The van der Waals surface area contributed by atoms with Crippen molar-refractivity contribution in [3.05, 3.63) is 29.8 Å². The number of carbonyl (C=O) groups is 3. The number of hydrogen-bond acceptors (Lipinski definition) is 4. The van der Waals surface area contributed by atoms with Gasteiger partial charge in [-0.2, -0.15) is 0 Å². The summed E-state index contributed by atoms with van der Waals surface area (Å²) in [7, 11) is 1.55. The lowest BCUT2D eigenvalue weighted by atomic mass is 9.81. The molecule has 0 atom stereocenters. The van der Waals surface area contributed by atoms with Crippen LogP contribution >= 0.6 is 0 Å². The van der Waals surface area contributed by atoms with Crippen LogP contribution in [0.5, 0.6) is 5.75 Å². The van der Waals surface area contributed by atoms with Crippen molar-refractivity contribution < 1.29 is 19.1 Å². The van der Waals surface area contributed by atoms with Crippen LogP contribution in [0.15, 0.2) is 24.3 Å². The van der Waals surface area contributed by atoms with Gasteiger partial charge in [0.05, 0.1) is 13.7 Å². The monoisotopic (exact) mass is 289 g/mol. The normalized spacial score (nSPS) is 17.8. The molecule has 0 saturated carbocycles. The molecule has 1 fully saturated rings. The fourth-order valence-electron chi connectivity index (χ4n) is 2.40. The van der Waals surface area contributed by atoms with E-state index in [1.807, 2.05) is 13.8 Å². The van der Waals surface area contributed by atoms with E-state index in [9.17, 15) is 14.4 Å². The van der Waals surface area contributed by atoms with Crippen LogP contribution in [0, 0.1) is 5.41 Å². The molecule has 1 aromatic carbocycles. The van der Waals surface area contributed by atoms with Gasteiger partial charge in [0.25, 0.3) is 0 Å². The van der Waals surface area contributed by atoms with E-state index < -0.39 is 0 Å². The Kier molecular flexibility index (Phi) is 4.11. The summed E-state index contributed by atoms with van der Waals surface area (Å²) in [5, 5.41) is 0. The van der Waals surface area contributed by atoms with Crippen molar-refractivity contribution in [1.29, 1.82) is 0 Å². The predicted molar refractivity (Wildman–Crippen MR) is 77.1 cm³/mol. The van der Waals surface area contributed by atoms with Crippen LogP contribution in [-0.2, 0) is 9.59 Å². The Morgan fingerprint density at radius 2 is 1.67 bits per heavy atom. The quantitative estimate of drug-likeness (QED) is 0.628. The van der Waals surface area contributed by atoms with Crippen molar-refractivity contribution in [3.63, 3.8) is 0 Å². The number of likely N-dealkylation sites (tertiary alicyclic amines) is 1. The van der Waals surface area contributed by atoms with Gasteiger partial charge in [0.1, 0.15) is 5.75 Å². The van der Waals surface area contributed by atoms with Gasteiger partial charge in [-0.25, -0.2) is 0 Å². The fraction of sp³-hybridized carbons (Fsp3) is 0.438. The Bertz CT molecular complexity index is 554. The first-order valence-electron chi connectivity index (χ1n) is 6.83. The molecule has 5 heteroatoms. The molecule has 0 bridgehead atoms. The number of ether oxygens (including phenoxy) is 1. The number of amides is 2. The first kappa shape index (κ1) is 15.2. The zero-order valence-electron chi connectivity index (χ0n) is 12.5. The summed E-state index contributed by atoms with van der Waals surface area (Å²) < 4.78 is 5.03. The number of carbonyl (C=O) groups excluding carboxylic acids is 3. The molecule has 1 heterocycles. The molecule has 0 aromatic heterocycles. The molecule has 0 unspecified atom stereocenters. The van der Waals surface area contributed by atoms with E-state index in [1.165, 1.54) is 0 Å². The summed E-state index contributed by atoms with van der Waals surface area (Å²) in [6.45, 7) is 3.57. The maximum Gasteiger partial charge on any atom is 0.230 e. The number of rotatable bonds is 4. The molecule has 1 saturated heterocycles. The van der Waals surface area contributed by atoms with E-state index in [0.717, 1.165) is 4.90 Å². The van der Waals surface area contributed by atoms with Crippen molar-refractivity contribution in [3.8, 4) is 5.75 Å². The Morgan fingerprint density at radius 3 is 2.14 bits per heavy atom. The third-order valence-electron chi connectivity index (χ3n) is 3.58. The van der Waals surface area contributed by atoms with Gasteiger partial charge in [-0.3, -0.25) is 19.3 Å². The van der Waals surface area contributed by atoms with Crippen molar-refractivity contribution in [2.24, 2.45) is 5.41 Å². The highest BCUT2D eigenvalue weighted by Crippen LogP contribution is 2.31. The largest absolute Gasteiger partial charge is 0.497 e. The Hall–Kier alpha value is -2.17. The van der Waals surface area contributed by atoms with Crippen molar-refractivity contribution in [2.45, 2.75) is 26.7 Å². The van der Waals surface area contributed by atoms with Crippen LogP contribution in [0.1, 0.15) is 37.0 Å². The van der Waals surface area contributed by atoms with Crippen LogP contribution in [0.2, 0.25) is 0 Å². The summed E-state index contributed by atoms with van der Waals surface area (Å²) in [5.74, 6) is -0.159. The zero-order valence-corrected chi connectivity index (χ0v) is 12.5. The average molecular weight is 289 g/mol. The first-order chi connectivity index (χ1) is 9.82. The standard InChI is InChI=1S/C16H19NO4/c1-16(2)8-14(19)17(15(20)9-16)10-13(18)11-4-6-12(21-3)7-5-11/h4-7H,8-10H2,1-3H3. The van der Waals surface area contributed by atoms with Crippen LogP contribution in [0.3, 0.4) is 0 Å². The minimum Gasteiger partial charge on any atom is -0.497 e. The van der Waals surface area contributed by atoms with Crippen LogP contribution in [0.25, 0.3) is 0 Å². The van der Waals surface area contributed by atoms with E-state index in [4.69, 9.17) is 4.74 Å². The minimum atomic E-state index is -0.326. The molecule has 2 amide bonds. The molecule has 5 nitrogen and oxygen atoms in total. The molecule has 0 spiro atoms. The zero-order chi connectivity index (χ0) is 15.6. The van der Waals surface area contributed by atoms with Crippen LogP contribution in [-0.4, -0.2) is 36.2 Å². The number of Topliss-reactive ketones (excluding diaryl/α,β-unsaturated/α-hetero) is 1. The summed E-state index contributed by atoms with van der Waals surface area (Å²) in [6.07, 6.45) is 0.573. The number of benzene rings is 1. The molecule has 1 aromatic rings. The molecule has 1 aliphatic rings. The second-order valence-corrected chi connectivity index (χ2v) is 6.04. The van der Waals surface area contributed by atoms with Gasteiger partial charge in [0.15, 0.2) is 5.78 Å². The van der Waals surface area contributed by atoms with Gasteiger partial charge in [0.2, 0.25) is 11.8 Å². The molecular weight excluding hydrogens is 270 g/mol. The van der Waals surface area contributed by atoms with Crippen molar-refractivity contribution in [2.75, 3.05) is 13.7 Å². The Labute approximate surface area is 123 Å². The molecule has 0 N–H and O–H groups in total. The number of ketones is 1. The number of hydrogen-bond donors (Lipinski definition) is 0. The lowest BCUT2D eigenvalue weighted by Gasteiger charge is -2.34. The minimum absolute atomic E-state index is 0.194. The van der Waals surface area contributed by atoms with E-state index in [2.05, 4.69) is 0 Å². The number of methoxy groups -OCH3 is 1. The smallest absolute Gasteiger partial charge is 0.230 e. The Balaban J connectivity index is 2.08. The number of piperidine rings is 1. The maximum absolute atomic E-state index is 12.2. The summed E-state index contributed by atoms with van der Waals surface area (Å²) >= 11 is 0. The van der Waals surface area contributed by atoms with E-state index in [1.54, 1.807) is 31.4 Å². The second kappa shape index (κ2) is 5.68. The third kappa shape index (κ3) is 3.48. The lowest BCUT2D eigenvalue weighted by molar-refractivity contribution is -0.151. The summed E-state index contributed by atoms with van der Waals surface area (Å²) in [6, 6.07) is 6.61. The molecular formula is C16H19NO4. The van der Waals surface area contributed by atoms with Crippen molar-refractivity contribution >= 4 is 17.6 Å². The molecule has 21 heavy (non-hydrogen) atoms. The lowest BCUT2D eigenvalue weighted by Crippen LogP contribution is -2.48. The number of imide groups is 1. The van der Waals surface area contributed by atoms with Gasteiger partial charge < -0.3 is 4.74 Å². The van der Waals surface area contributed by atoms with Crippen LogP contribution < -0.4 is 4.74 Å². The molecule has 0 radical (unpaired) electrons. The van der Waals surface area contributed by atoms with Gasteiger partial charge in [0, 0.05) is 18.4 Å². The molecule has 112 valence electrons. The van der Waals surface area contributed by atoms with Gasteiger partial charge in [-0.15, -0.1) is 0 Å². The highest BCUT2D eigenvalue weighted by molar-refractivity contribution is 6.05. The topological polar surface area (TPSA) is 63.7 Å². The SMILES string of the molecule is COc1ccc(C(=O)CN2C(=O)CC(C)(C)CC2=O)cc1. The molecule has 2 rings (SSSR count). The fourth-order valence-corrected chi connectivity index (χ4v) is 2.40. The van der Waals surface area contributed by atoms with Crippen LogP contribution in [0.4, 0.5) is 0 Å². The molecule has 1 aliphatic heterocycles. The number of nitrogens with zero attached hydrogens (tertiary/aromatic N) is 1. The summed E-state index contributed by atoms with van der Waals surface area (Å²) in [5.41, 5.74) is 0.134. The third-order valence-corrected chi connectivity index (χ3v) is 3.58. The van der Waals surface area contributed by atoms with Gasteiger partial charge in [-0.1, -0.05) is 13.8 Å². The maximum atomic E-state index is 12.2. The van der Waals surface area contributed by atoms with Gasteiger partial charge in [-0.05, 0) is 29.7 Å². The first-order valence-corrected chi connectivity index (χ1v) is 6.83. The van der Waals surface area contributed by atoms with E-state index in [0.29, 0.717) is 11.3 Å². The van der Waals surface area contributed by atoms with E-state index >= 15 is 0 Å². The summed E-state index contributed by atoms with van der Waals surface area (Å²) in [4.78, 5) is 37.3. The second-order valence-electron chi connectivity index (χ2n) is 6.04.